The van der Waals surface area contributed by atoms with Gasteiger partial charge < -0.3 is 14.6 Å². The van der Waals surface area contributed by atoms with E-state index in [4.69, 9.17) is 32.5 Å². The van der Waals surface area contributed by atoms with Gasteiger partial charge >= 0.3 is 0 Å². The van der Waals surface area contributed by atoms with Crippen molar-refractivity contribution in [2.45, 2.75) is 6.54 Å². The second-order valence-electron chi connectivity index (χ2n) is 6.29. The minimum Gasteiger partial charge on any atom is -0.495 e. The van der Waals surface area contributed by atoms with Gasteiger partial charge in [0.25, 0.3) is 11.3 Å². The SMILES string of the molecule is COc1ccc(Cl)cc1NC(=O)Cn1cnc2onc(-c3ccc(Cl)cc3)c2c1=O. The van der Waals surface area contributed by atoms with Crippen LogP contribution >= 0.6 is 23.2 Å². The van der Waals surface area contributed by atoms with Crippen molar-refractivity contribution in [2.75, 3.05) is 12.4 Å². The van der Waals surface area contributed by atoms with Gasteiger partial charge in [-0.2, -0.15) is 0 Å². The van der Waals surface area contributed by atoms with E-state index in [2.05, 4.69) is 15.5 Å². The van der Waals surface area contributed by atoms with Gasteiger partial charge in [-0.25, -0.2) is 4.98 Å². The smallest absolute Gasteiger partial charge is 0.267 e. The lowest BCUT2D eigenvalue weighted by atomic mass is 10.1. The quantitative estimate of drug-likeness (QED) is 0.499. The Hall–Kier alpha value is -3.36. The van der Waals surface area contributed by atoms with Crippen LogP contribution in [0.4, 0.5) is 5.69 Å². The van der Waals surface area contributed by atoms with Crippen LogP contribution in [0.15, 0.2) is 58.1 Å². The van der Waals surface area contributed by atoms with Crippen molar-refractivity contribution in [1.82, 2.24) is 14.7 Å². The Morgan fingerprint density at radius 3 is 2.63 bits per heavy atom. The molecule has 2 heterocycles. The maximum Gasteiger partial charge on any atom is 0.267 e. The fourth-order valence-electron chi connectivity index (χ4n) is 2.92. The van der Waals surface area contributed by atoms with E-state index in [1.807, 2.05) is 0 Å². The lowest BCUT2D eigenvalue weighted by Gasteiger charge is -2.11. The fourth-order valence-corrected chi connectivity index (χ4v) is 3.22. The number of fused-ring (bicyclic) bond motifs is 1. The minimum absolute atomic E-state index is 0.0816. The number of amides is 1. The molecule has 0 bridgehead atoms. The number of nitrogens with one attached hydrogen (secondary N) is 1. The van der Waals surface area contributed by atoms with Crippen LogP contribution in [0.2, 0.25) is 10.0 Å². The molecule has 4 rings (SSSR count). The van der Waals surface area contributed by atoms with Crippen LogP contribution in [0.25, 0.3) is 22.4 Å². The third-order valence-electron chi connectivity index (χ3n) is 4.33. The van der Waals surface area contributed by atoms with Crippen molar-refractivity contribution >= 4 is 45.9 Å². The van der Waals surface area contributed by atoms with Crippen molar-refractivity contribution in [2.24, 2.45) is 0 Å². The highest BCUT2D eigenvalue weighted by molar-refractivity contribution is 6.31. The average molecular weight is 445 g/mol. The Balaban J connectivity index is 1.65. The van der Waals surface area contributed by atoms with Gasteiger partial charge in [-0.05, 0) is 30.3 Å². The molecular weight excluding hydrogens is 431 g/mol. The molecule has 0 aliphatic rings. The minimum atomic E-state index is -0.459. The van der Waals surface area contributed by atoms with Crippen LogP contribution < -0.4 is 15.6 Å². The number of methoxy groups -OCH3 is 1. The molecule has 2 aromatic heterocycles. The maximum absolute atomic E-state index is 13.0. The zero-order valence-electron chi connectivity index (χ0n) is 15.6. The van der Waals surface area contributed by atoms with Gasteiger partial charge in [0.15, 0.2) is 0 Å². The number of anilines is 1. The summed E-state index contributed by atoms with van der Waals surface area (Å²) in [7, 11) is 1.48. The summed E-state index contributed by atoms with van der Waals surface area (Å²) in [6.07, 6.45) is 1.23. The van der Waals surface area contributed by atoms with E-state index in [-0.39, 0.29) is 17.6 Å². The summed E-state index contributed by atoms with van der Waals surface area (Å²) in [5, 5.41) is 7.79. The molecule has 2 aromatic carbocycles. The van der Waals surface area contributed by atoms with Gasteiger partial charge in [-0.15, -0.1) is 0 Å². The summed E-state index contributed by atoms with van der Waals surface area (Å²) in [5.74, 6) is -0.0129. The number of aromatic nitrogens is 3. The Bertz CT molecular complexity index is 1300. The predicted octanol–water partition coefficient (Wildman–Crippen LogP) is 4.01. The summed E-state index contributed by atoms with van der Waals surface area (Å²) in [5.41, 5.74) is 0.981. The van der Waals surface area contributed by atoms with Gasteiger partial charge in [-0.1, -0.05) is 40.5 Å². The molecule has 0 aliphatic carbocycles. The molecule has 1 N–H and O–H groups in total. The molecule has 8 nitrogen and oxygen atoms in total. The molecule has 30 heavy (non-hydrogen) atoms. The zero-order chi connectivity index (χ0) is 21.3. The third kappa shape index (κ3) is 3.87. The number of hydrogen-bond acceptors (Lipinski definition) is 6. The molecule has 0 saturated carbocycles. The average Bonchev–Trinajstić information content (AvgIpc) is 3.16. The van der Waals surface area contributed by atoms with Gasteiger partial charge in [0.2, 0.25) is 5.91 Å². The molecule has 0 spiro atoms. The maximum atomic E-state index is 13.0. The first-order valence-electron chi connectivity index (χ1n) is 8.70. The van der Waals surface area contributed by atoms with Gasteiger partial charge in [0.1, 0.15) is 29.7 Å². The summed E-state index contributed by atoms with van der Waals surface area (Å²) in [6, 6.07) is 11.6. The van der Waals surface area contributed by atoms with Crippen LogP contribution in [0.5, 0.6) is 5.75 Å². The Morgan fingerprint density at radius 1 is 1.17 bits per heavy atom. The standard InChI is InChI=1S/C20H14Cl2N4O4/c1-29-15-7-6-13(22)8-14(15)24-16(27)9-26-10-23-19-17(20(26)28)18(25-30-19)11-2-4-12(21)5-3-11/h2-8,10H,9H2,1H3,(H,24,27). The summed E-state index contributed by atoms with van der Waals surface area (Å²) >= 11 is 11.9. The molecule has 10 heteroatoms. The van der Waals surface area contributed by atoms with Crippen molar-refractivity contribution in [3.8, 4) is 17.0 Å². The first-order valence-corrected chi connectivity index (χ1v) is 9.46. The van der Waals surface area contributed by atoms with E-state index in [1.165, 1.54) is 18.0 Å². The monoisotopic (exact) mass is 444 g/mol. The third-order valence-corrected chi connectivity index (χ3v) is 4.82. The first-order chi connectivity index (χ1) is 14.5. The molecule has 0 atom stereocenters. The number of nitrogens with zero attached hydrogens (tertiary/aromatic N) is 3. The van der Waals surface area contributed by atoms with Crippen molar-refractivity contribution in [3.63, 3.8) is 0 Å². The van der Waals surface area contributed by atoms with E-state index < -0.39 is 11.5 Å². The van der Waals surface area contributed by atoms with E-state index in [1.54, 1.807) is 42.5 Å². The Morgan fingerprint density at radius 2 is 1.90 bits per heavy atom. The first kappa shape index (κ1) is 19.9. The molecular formula is C20H14Cl2N4O4. The number of hydrogen-bond donors (Lipinski definition) is 1. The lowest BCUT2D eigenvalue weighted by molar-refractivity contribution is -0.116. The highest BCUT2D eigenvalue weighted by Gasteiger charge is 2.18. The molecule has 0 saturated heterocycles. The topological polar surface area (TPSA) is 99.2 Å². The van der Waals surface area contributed by atoms with Crippen LogP contribution in [-0.2, 0) is 11.3 Å². The highest BCUT2D eigenvalue weighted by Crippen LogP contribution is 2.28. The number of rotatable bonds is 5. The van der Waals surface area contributed by atoms with Crippen molar-refractivity contribution in [1.29, 1.82) is 0 Å². The van der Waals surface area contributed by atoms with Crippen LogP contribution in [0.1, 0.15) is 0 Å². The fraction of sp³-hybridized carbons (Fsp3) is 0.100. The largest absolute Gasteiger partial charge is 0.495 e. The van der Waals surface area contributed by atoms with Crippen molar-refractivity contribution < 1.29 is 14.1 Å². The Labute approximate surface area is 180 Å². The van der Waals surface area contributed by atoms with E-state index >= 15 is 0 Å². The summed E-state index contributed by atoms with van der Waals surface area (Å²) < 4.78 is 11.6. The molecule has 1 amide bonds. The number of carbonyl (C=O) groups is 1. The van der Waals surface area contributed by atoms with Crippen LogP contribution in [0, 0.1) is 0 Å². The molecule has 0 radical (unpaired) electrons. The predicted molar refractivity (Wildman–Crippen MR) is 113 cm³/mol. The van der Waals surface area contributed by atoms with Crippen LogP contribution in [0.3, 0.4) is 0 Å². The molecule has 4 aromatic rings. The van der Waals surface area contributed by atoms with E-state index in [0.29, 0.717) is 32.7 Å². The van der Waals surface area contributed by atoms with E-state index in [0.717, 1.165) is 0 Å². The summed E-state index contributed by atoms with van der Waals surface area (Å²) in [6.45, 7) is -0.275. The molecule has 0 aliphatic heterocycles. The summed E-state index contributed by atoms with van der Waals surface area (Å²) in [4.78, 5) is 29.6. The van der Waals surface area contributed by atoms with Crippen LogP contribution in [-0.4, -0.2) is 27.7 Å². The normalized spacial score (nSPS) is 10.9. The number of ether oxygens (including phenoxy) is 1. The van der Waals surface area contributed by atoms with Gasteiger partial charge in [0, 0.05) is 15.6 Å². The molecule has 152 valence electrons. The number of carbonyl (C=O) groups excluding carboxylic acids is 1. The van der Waals surface area contributed by atoms with Gasteiger partial charge in [-0.3, -0.25) is 14.2 Å². The van der Waals surface area contributed by atoms with E-state index in [9.17, 15) is 9.59 Å². The number of halogens is 2. The molecule has 0 unspecified atom stereocenters. The second-order valence-corrected chi connectivity index (χ2v) is 7.16. The highest BCUT2D eigenvalue weighted by atomic mass is 35.5. The van der Waals surface area contributed by atoms with Crippen molar-refractivity contribution in [3.05, 3.63) is 69.2 Å². The zero-order valence-corrected chi connectivity index (χ0v) is 17.1. The molecule has 0 fully saturated rings. The second kappa shape index (κ2) is 8.17. The Kier molecular flexibility index (Phi) is 5.43. The van der Waals surface area contributed by atoms with Gasteiger partial charge in [0.05, 0.1) is 12.8 Å². The lowest BCUT2D eigenvalue weighted by Crippen LogP contribution is -2.28. The number of benzene rings is 2.